The van der Waals surface area contributed by atoms with Crippen LogP contribution in [0.1, 0.15) is 12.0 Å². The van der Waals surface area contributed by atoms with Crippen molar-refractivity contribution in [2.24, 2.45) is 0 Å². The highest BCUT2D eigenvalue weighted by Gasteiger charge is 2.33. The van der Waals surface area contributed by atoms with Crippen LogP contribution in [0.2, 0.25) is 0 Å². The maximum Gasteiger partial charge on any atom is 0.416 e. The number of carbonyl (C=O) groups is 1. The van der Waals surface area contributed by atoms with Gasteiger partial charge in [0.15, 0.2) is 0 Å². The summed E-state index contributed by atoms with van der Waals surface area (Å²) in [5.41, 5.74) is -0.634. The van der Waals surface area contributed by atoms with Gasteiger partial charge in [0.05, 0.1) is 24.6 Å². The van der Waals surface area contributed by atoms with Gasteiger partial charge in [-0.2, -0.15) is 13.2 Å². The molecule has 1 aliphatic heterocycles. The van der Waals surface area contributed by atoms with Gasteiger partial charge in [-0.05, 0) is 18.2 Å². The second-order valence-corrected chi connectivity index (χ2v) is 3.91. The lowest BCUT2D eigenvalue weighted by Crippen LogP contribution is -2.25. The summed E-state index contributed by atoms with van der Waals surface area (Å²) in [5, 5.41) is 9.28. The number of halogens is 3. The first kappa shape index (κ1) is 11.9. The molecule has 1 aliphatic rings. The lowest BCUT2D eigenvalue weighted by atomic mass is 10.2. The van der Waals surface area contributed by atoms with Gasteiger partial charge in [0.25, 0.3) is 0 Å². The number of alkyl halides is 3. The van der Waals surface area contributed by atoms with Crippen molar-refractivity contribution in [3.8, 4) is 0 Å². The van der Waals surface area contributed by atoms with Crippen LogP contribution in [0.5, 0.6) is 0 Å². The molecule has 0 aromatic heterocycles. The first-order chi connectivity index (χ1) is 7.88. The van der Waals surface area contributed by atoms with E-state index in [1.807, 2.05) is 0 Å². The molecule has 17 heavy (non-hydrogen) atoms. The average Bonchev–Trinajstić information content (AvgIpc) is 2.57. The van der Waals surface area contributed by atoms with Crippen LogP contribution in [0.25, 0.3) is 0 Å². The second kappa shape index (κ2) is 4.03. The highest BCUT2D eigenvalue weighted by molar-refractivity contribution is 5.96. The fourth-order valence-electron chi connectivity index (χ4n) is 1.79. The van der Waals surface area contributed by atoms with Crippen molar-refractivity contribution < 1.29 is 23.1 Å². The maximum atomic E-state index is 12.5. The van der Waals surface area contributed by atoms with Crippen molar-refractivity contribution in [1.29, 1.82) is 0 Å². The van der Waals surface area contributed by atoms with Gasteiger partial charge in [0.2, 0.25) is 5.91 Å². The molecule has 0 radical (unpaired) electrons. The van der Waals surface area contributed by atoms with Crippen LogP contribution >= 0.6 is 0 Å². The van der Waals surface area contributed by atoms with Gasteiger partial charge >= 0.3 is 6.18 Å². The fourth-order valence-corrected chi connectivity index (χ4v) is 1.79. The first-order valence-electron chi connectivity index (χ1n) is 5.03. The van der Waals surface area contributed by atoms with Crippen molar-refractivity contribution in [1.82, 2.24) is 0 Å². The summed E-state index contributed by atoms with van der Waals surface area (Å²) in [6.45, 7) is 0.0418. The lowest BCUT2D eigenvalue weighted by molar-refractivity contribution is -0.137. The molecule has 1 atom stereocenters. The Labute approximate surface area is 95.5 Å². The van der Waals surface area contributed by atoms with Gasteiger partial charge in [0, 0.05) is 5.69 Å². The Balaban J connectivity index is 2.31. The van der Waals surface area contributed by atoms with Crippen molar-refractivity contribution in [3.63, 3.8) is 0 Å². The van der Waals surface area contributed by atoms with E-state index in [-0.39, 0.29) is 24.6 Å². The fraction of sp³-hybridized carbons (Fsp3) is 0.364. The van der Waals surface area contributed by atoms with Crippen molar-refractivity contribution in [3.05, 3.63) is 29.8 Å². The Morgan fingerprint density at radius 3 is 2.59 bits per heavy atom. The molecule has 1 amide bonds. The van der Waals surface area contributed by atoms with Gasteiger partial charge in [-0.15, -0.1) is 0 Å². The minimum Gasteiger partial charge on any atom is -0.391 e. The maximum absolute atomic E-state index is 12.5. The molecular weight excluding hydrogens is 235 g/mol. The summed E-state index contributed by atoms with van der Waals surface area (Å²) in [4.78, 5) is 12.6. The third kappa shape index (κ3) is 2.41. The van der Waals surface area contributed by atoms with Gasteiger partial charge < -0.3 is 10.0 Å². The van der Waals surface area contributed by atoms with Crippen LogP contribution in [0, 0.1) is 0 Å². The predicted octanol–water partition coefficient (Wildman–Crippen LogP) is 1.80. The van der Waals surface area contributed by atoms with Crippen molar-refractivity contribution in [2.75, 3.05) is 11.4 Å². The number of aliphatic hydroxyl groups is 1. The van der Waals surface area contributed by atoms with Gasteiger partial charge in [0.1, 0.15) is 0 Å². The zero-order valence-electron chi connectivity index (χ0n) is 8.74. The third-order valence-corrected chi connectivity index (χ3v) is 2.59. The first-order valence-corrected chi connectivity index (χ1v) is 5.03. The number of carbonyl (C=O) groups excluding carboxylic acids is 1. The molecule has 0 saturated carbocycles. The van der Waals surface area contributed by atoms with E-state index in [1.54, 1.807) is 0 Å². The summed E-state index contributed by atoms with van der Waals surface area (Å²) in [7, 11) is 0. The smallest absolute Gasteiger partial charge is 0.391 e. The Hall–Kier alpha value is -1.56. The largest absolute Gasteiger partial charge is 0.416 e. The molecular formula is C11H10F3NO2. The zero-order valence-corrected chi connectivity index (χ0v) is 8.74. The number of benzene rings is 1. The highest BCUT2D eigenvalue weighted by Crippen LogP contribution is 2.32. The number of anilines is 1. The van der Waals surface area contributed by atoms with E-state index < -0.39 is 17.8 Å². The van der Waals surface area contributed by atoms with Crippen molar-refractivity contribution in [2.45, 2.75) is 18.7 Å². The van der Waals surface area contributed by atoms with E-state index in [0.29, 0.717) is 0 Å². The van der Waals surface area contributed by atoms with E-state index in [4.69, 9.17) is 0 Å². The Morgan fingerprint density at radius 1 is 1.35 bits per heavy atom. The topological polar surface area (TPSA) is 40.5 Å². The van der Waals surface area contributed by atoms with Gasteiger partial charge in [-0.1, -0.05) is 6.07 Å². The summed E-state index contributed by atoms with van der Waals surface area (Å²) in [6.07, 6.45) is -5.29. The molecule has 1 unspecified atom stereocenters. The molecule has 0 aliphatic carbocycles. The zero-order chi connectivity index (χ0) is 12.6. The van der Waals surface area contributed by atoms with E-state index in [2.05, 4.69) is 0 Å². The van der Waals surface area contributed by atoms with Crippen LogP contribution in [0.15, 0.2) is 24.3 Å². The molecule has 92 valence electrons. The standard InChI is InChI=1S/C11H10F3NO2/c12-11(13,14)7-2-1-3-8(4-7)15-6-9(16)5-10(15)17/h1-4,9,16H,5-6H2. The molecule has 0 bridgehead atoms. The molecule has 1 heterocycles. The molecule has 3 nitrogen and oxygen atoms in total. The van der Waals surface area contributed by atoms with Crippen LogP contribution in [0.3, 0.4) is 0 Å². The minimum absolute atomic E-state index is 0.0418. The average molecular weight is 245 g/mol. The number of hydrogen-bond donors (Lipinski definition) is 1. The Bertz CT molecular complexity index is 445. The van der Waals surface area contributed by atoms with Crippen LogP contribution in [-0.4, -0.2) is 23.7 Å². The van der Waals surface area contributed by atoms with E-state index in [1.165, 1.54) is 17.0 Å². The minimum atomic E-state index is -4.43. The monoisotopic (exact) mass is 245 g/mol. The quantitative estimate of drug-likeness (QED) is 0.819. The summed E-state index contributed by atoms with van der Waals surface area (Å²) in [5.74, 6) is -0.364. The molecule has 0 spiro atoms. The van der Waals surface area contributed by atoms with E-state index in [0.717, 1.165) is 12.1 Å². The molecule has 2 rings (SSSR count). The van der Waals surface area contributed by atoms with Crippen molar-refractivity contribution >= 4 is 11.6 Å². The van der Waals surface area contributed by atoms with Crippen LogP contribution < -0.4 is 4.90 Å². The van der Waals surface area contributed by atoms with E-state index in [9.17, 15) is 23.1 Å². The second-order valence-electron chi connectivity index (χ2n) is 3.91. The number of rotatable bonds is 1. The molecule has 6 heteroatoms. The Kier molecular flexibility index (Phi) is 2.82. The number of hydrogen-bond acceptors (Lipinski definition) is 2. The van der Waals surface area contributed by atoms with Gasteiger partial charge in [-0.3, -0.25) is 4.79 Å². The lowest BCUT2D eigenvalue weighted by Gasteiger charge is -2.17. The van der Waals surface area contributed by atoms with Gasteiger partial charge in [-0.25, -0.2) is 0 Å². The van der Waals surface area contributed by atoms with E-state index >= 15 is 0 Å². The normalized spacial score (nSPS) is 21.1. The summed E-state index contributed by atoms with van der Waals surface area (Å²) < 4.78 is 37.4. The SMILES string of the molecule is O=C1CC(O)CN1c1cccc(C(F)(F)F)c1. The highest BCUT2D eigenvalue weighted by atomic mass is 19.4. The molecule has 1 aromatic carbocycles. The number of amides is 1. The molecule has 1 fully saturated rings. The van der Waals surface area contributed by atoms with Crippen LogP contribution in [0.4, 0.5) is 18.9 Å². The third-order valence-electron chi connectivity index (χ3n) is 2.59. The number of β-amino-alcohol motifs (C(OH)–C–C–N with tert-alkyl or cyclic N) is 1. The van der Waals surface area contributed by atoms with Crippen LogP contribution in [-0.2, 0) is 11.0 Å². The molecule has 1 aromatic rings. The predicted molar refractivity (Wildman–Crippen MR) is 54.4 cm³/mol. The number of aliphatic hydroxyl groups excluding tert-OH is 1. The summed E-state index contributed by atoms with van der Waals surface area (Å²) >= 11 is 0. The molecule has 1 saturated heterocycles. The Morgan fingerprint density at radius 2 is 2.06 bits per heavy atom. The number of nitrogens with zero attached hydrogens (tertiary/aromatic N) is 1. The molecule has 1 N–H and O–H groups in total. The summed E-state index contributed by atoms with van der Waals surface area (Å²) in [6, 6.07) is 4.53.